The summed E-state index contributed by atoms with van der Waals surface area (Å²) in [7, 11) is 0. The van der Waals surface area contributed by atoms with Gasteiger partial charge in [-0.2, -0.15) is 0 Å². The van der Waals surface area contributed by atoms with Crippen LogP contribution >= 0.6 is 174 Å². The number of nitrogens with zero attached hydrogens (tertiary/aromatic N) is 8. The summed E-state index contributed by atoms with van der Waals surface area (Å²) in [6.45, 7) is 18.8. The average molecular weight is 1900 g/mol. The van der Waals surface area contributed by atoms with E-state index in [1.807, 2.05) is 230 Å². The van der Waals surface area contributed by atoms with Crippen molar-refractivity contribution in [1.82, 2.24) is 23.7 Å². The summed E-state index contributed by atoms with van der Waals surface area (Å²) < 4.78 is 12.9. The first-order valence-corrected chi connectivity index (χ1v) is 44.0. The van der Waals surface area contributed by atoms with Crippen LogP contribution in [0.2, 0.25) is 26.0 Å². The number of benzene rings is 8. The van der Waals surface area contributed by atoms with E-state index in [2.05, 4.69) is 6.92 Å². The number of aryl methyl sites for hydroxylation is 7. The Hall–Kier alpha value is -8.32. The number of carbonyl (C=O) groups is 3. The molecule has 2 fully saturated rings. The lowest BCUT2D eigenvalue weighted by molar-refractivity contribution is -0.116. The van der Waals surface area contributed by atoms with Crippen LogP contribution < -0.4 is 43.2 Å². The van der Waals surface area contributed by atoms with Crippen LogP contribution in [0.15, 0.2) is 253 Å². The molecule has 2 aliphatic rings. The number of hydrogen-bond donors (Lipinski definition) is 0. The summed E-state index contributed by atoms with van der Waals surface area (Å²) in [6.07, 6.45) is 0. The molecule has 0 spiro atoms. The number of carbonyl (C=O) groups excluding carboxylic acids is 3. The van der Waals surface area contributed by atoms with E-state index < -0.39 is 0 Å². The van der Waals surface area contributed by atoms with E-state index in [1.54, 1.807) is 54.6 Å². The third kappa shape index (κ3) is 29.2. The maximum absolute atomic E-state index is 11.9. The number of halogens is 7. The van der Waals surface area contributed by atoms with Crippen molar-refractivity contribution in [2.24, 2.45) is 0 Å². The Bertz CT molecular complexity index is 5810. The van der Waals surface area contributed by atoms with Gasteiger partial charge in [0, 0.05) is 41.1 Å². The molecule has 0 bridgehead atoms. The number of hydrogen-bond acceptors (Lipinski definition) is 17. The van der Waals surface area contributed by atoms with Gasteiger partial charge >= 0.3 is 0 Å². The summed E-state index contributed by atoms with van der Waals surface area (Å²) in [5.41, 5.74) is 16.3. The molecule has 0 saturated carbocycles. The zero-order valence-electron chi connectivity index (χ0n) is 62.9. The van der Waals surface area contributed by atoms with Crippen molar-refractivity contribution < 1.29 is 14.4 Å². The van der Waals surface area contributed by atoms with Crippen molar-refractivity contribution in [2.75, 3.05) is 21.3 Å². The van der Waals surface area contributed by atoms with Gasteiger partial charge < -0.3 is 0 Å². The molecule has 8 heterocycles. The smallest absolute Gasteiger partial charge is 0.285 e. The van der Waals surface area contributed by atoms with Crippen LogP contribution in [0.4, 0.5) is 16.2 Å². The molecule has 628 valence electrons. The number of alkyl halides is 1. The molecule has 1 unspecified atom stereocenters. The van der Waals surface area contributed by atoms with Gasteiger partial charge in [-0.05, 0) is 227 Å². The molecule has 8 aromatic carbocycles. The van der Waals surface area contributed by atoms with Crippen molar-refractivity contribution in [3.8, 4) is 22.7 Å². The number of imide groups is 1. The summed E-state index contributed by atoms with van der Waals surface area (Å²) in [6, 6.07) is 69.8. The molecule has 6 aromatic heterocycles. The van der Waals surface area contributed by atoms with E-state index in [0.29, 0.717) is 61.7 Å². The molecule has 0 radical (unpaired) electrons. The summed E-state index contributed by atoms with van der Waals surface area (Å²) in [5.74, 6) is 0.678. The van der Waals surface area contributed by atoms with E-state index >= 15 is 0 Å². The van der Waals surface area contributed by atoms with Crippen LogP contribution in [0.5, 0.6) is 0 Å². The number of amides is 3. The van der Waals surface area contributed by atoms with E-state index in [0.717, 1.165) is 56.9 Å². The molecule has 2 aliphatic heterocycles. The van der Waals surface area contributed by atoms with Crippen LogP contribution in [0.3, 0.4) is 0 Å². The molecule has 16 rings (SSSR count). The van der Waals surface area contributed by atoms with Crippen LogP contribution in [0.1, 0.15) is 90.9 Å². The van der Waals surface area contributed by atoms with Crippen molar-refractivity contribution >= 4 is 202 Å². The van der Waals surface area contributed by atoms with Gasteiger partial charge in [-0.1, -0.05) is 278 Å². The molecule has 3 amide bonds. The van der Waals surface area contributed by atoms with Crippen LogP contribution in [0.25, 0.3) is 22.7 Å². The molecule has 32 heteroatoms. The average Bonchev–Trinajstić information content (AvgIpc) is 1.69. The molecule has 119 heavy (non-hydrogen) atoms. The van der Waals surface area contributed by atoms with Gasteiger partial charge in [-0.3, -0.25) is 56.0 Å². The summed E-state index contributed by atoms with van der Waals surface area (Å²) in [5, 5.41) is -0.182. The highest BCUT2D eigenvalue weighted by Crippen LogP contribution is 2.34. The Morgan fingerprint density at radius 2 is 0.655 bits per heavy atom. The van der Waals surface area contributed by atoms with Gasteiger partial charge in [0.25, 0.3) is 38.6 Å². The summed E-state index contributed by atoms with van der Waals surface area (Å²) in [4.78, 5) is 106. The fourth-order valence-corrected chi connectivity index (χ4v) is 18.4. The van der Waals surface area contributed by atoms with Crippen LogP contribution in [-0.2, 0) is 22.7 Å². The molecule has 14 aromatic rings. The SMILES string of the molecule is C.C.C.C.Cc1ccc(-n2sc(Cl)c(C)c2=O)cc1.Cc1ccc(-n2sc(Cl)c(C)c2=O)cc1C.Cc1ccc(-n2sc(Cl)cc2=O)cc1.Cc1ccc(-n2sc(Cl)cc2=O)cc1.Cc1ccc(N2C(=O)CSC2=O)cc1.Cc1ccc(N2C(=O)CSC2Cl)cc1.O=c1cc(Cl)sn1Cc1ccccc1.O=c1cc(Cl)sn1Cc1ccccc1. The van der Waals surface area contributed by atoms with Gasteiger partial charge in [0.15, 0.2) is 4.83 Å². The maximum Gasteiger partial charge on any atom is 0.293 e. The van der Waals surface area contributed by atoms with Gasteiger partial charge in [0.2, 0.25) is 11.8 Å². The zero-order chi connectivity index (χ0) is 83.3. The minimum absolute atomic E-state index is 0. The topological polar surface area (TPSA) is 190 Å². The Morgan fingerprint density at radius 1 is 0.328 bits per heavy atom. The maximum atomic E-state index is 11.9. The van der Waals surface area contributed by atoms with E-state index in [9.17, 15) is 43.2 Å². The van der Waals surface area contributed by atoms with Crippen molar-refractivity contribution in [2.45, 2.75) is 110 Å². The molecule has 0 N–H and O–H groups in total. The van der Waals surface area contributed by atoms with Crippen LogP contribution in [0, 0.1) is 62.3 Å². The van der Waals surface area contributed by atoms with E-state index in [1.165, 1.54) is 144 Å². The monoisotopic (exact) mass is 1890 g/mol. The van der Waals surface area contributed by atoms with Crippen LogP contribution in [-0.4, -0.2) is 57.1 Å². The van der Waals surface area contributed by atoms with Gasteiger partial charge in [-0.15, -0.1) is 11.8 Å². The Labute approximate surface area is 760 Å². The lowest BCUT2D eigenvalue weighted by Crippen LogP contribution is -2.29. The molecular formula is C87H89Cl7N8O9S8. The minimum atomic E-state index is -0.259. The highest BCUT2D eigenvalue weighted by molar-refractivity contribution is 8.15. The Balaban J connectivity index is 0.000000241. The largest absolute Gasteiger partial charge is 0.293 e. The first kappa shape index (κ1) is 101. The molecule has 1 atom stereocenters. The normalized spacial score (nSPS) is 12.2. The van der Waals surface area contributed by atoms with Crippen molar-refractivity contribution in [3.05, 3.63) is 374 Å². The third-order valence-corrected chi connectivity index (χ3v) is 26.5. The lowest BCUT2D eigenvalue weighted by atomic mass is 10.1. The molecular weight excluding hydrogens is 1810 g/mol. The Morgan fingerprint density at radius 3 is 0.950 bits per heavy atom. The predicted octanol–water partition coefficient (Wildman–Crippen LogP) is 24.9. The number of thioether (sulfide) groups is 2. The highest BCUT2D eigenvalue weighted by Gasteiger charge is 2.32. The predicted molar refractivity (Wildman–Crippen MR) is 515 cm³/mol. The van der Waals surface area contributed by atoms with Gasteiger partial charge in [0.05, 0.1) is 53.0 Å². The first-order valence-electron chi connectivity index (χ1n) is 34.7. The molecule has 0 aliphatic carbocycles. The number of rotatable bonds is 10. The second-order valence-corrected chi connectivity index (χ2v) is 37.8. The highest BCUT2D eigenvalue weighted by atomic mass is 35.5. The minimum Gasteiger partial charge on any atom is -0.285 e. The fraction of sp³-hybridized carbons (Fsp3) is 0.207. The van der Waals surface area contributed by atoms with Crippen molar-refractivity contribution in [3.63, 3.8) is 0 Å². The second-order valence-electron chi connectivity index (χ2n) is 25.4. The first-order chi connectivity index (χ1) is 54.8. The number of anilines is 2. The van der Waals surface area contributed by atoms with Gasteiger partial charge in [0.1, 0.15) is 26.0 Å². The third-order valence-electron chi connectivity index (χ3n) is 16.6. The summed E-state index contributed by atoms with van der Waals surface area (Å²) >= 11 is 50.9. The molecule has 17 nitrogen and oxygen atoms in total. The fourth-order valence-electron chi connectivity index (χ4n) is 10.1. The second kappa shape index (κ2) is 48.4. The Kier molecular flexibility index (Phi) is 41.1. The number of aromatic nitrogens is 6. The van der Waals surface area contributed by atoms with E-state index in [-0.39, 0.29) is 90.7 Å². The molecule has 2 saturated heterocycles. The van der Waals surface area contributed by atoms with Gasteiger partial charge in [-0.25, -0.2) is 20.7 Å². The van der Waals surface area contributed by atoms with Crippen molar-refractivity contribution in [1.29, 1.82) is 0 Å². The zero-order valence-corrected chi connectivity index (χ0v) is 74.8. The lowest BCUT2D eigenvalue weighted by Gasteiger charge is -2.18. The standard InChI is InChI=1S/C12H12ClNOS.C11H10ClNOS.C10H10ClNOS.4C10H8ClNOS.C10H9NO2S.4CH4/c1-7-4-5-10(6-8(7)2)14-12(15)9(3)11(13)16-14;1-7-3-5-9(6-4-7)13-11(14)8(2)10(12)15-13;1-7-2-4-8(5-3-7)12-9(13)6-14-10(12)11;2*1-7-2-4-8(5-3-7)12-10(13)6-9(11)14-12;2*11-9-6-10(13)12(14-9)7-8-4-2-1-3-5-8;1-7-2-4-8(5-3-7)11-9(12)6-14-10(11)13;;;;/h4-6H,1-3H3;3-6H,1-2H3;2-5,10H,6H2,1H3;2*2-6H,1H3;2*1-6H,7H2;2-5H,6H2,1H3;4*1H4. The quantitative estimate of drug-likeness (QED) is 0.0935. The van der Waals surface area contributed by atoms with E-state index in [4.69, 9.17) is 81.2 Å².